The largest absolute Gasteiger partial charge is 0.462 e. The van der Waals surface area contributed by atoms with Crippen molar-refractivity contribution in [2.75, 3.05) is 13.2 Å². The Morgan fingerprint density at radius 3 is 0.827 bits per heavy atom. The second-order valence-electron chi connectivity index (χ2n) is 19.1. The number of allylic oxidation sites excluding steroid dienone is 26. The van der Waals surface area contributed by atoms with E-state index < -0.39 is 6.10 Å². The summed E-state index contributed by atoms with van der Waals surface area (Å²) in [5, 5.41) is 0. The van der Waals surface area contributed by atoms with Gasteiger partial charge in [-0.2, -0.15) is 0 Å². The molecule has 0 N–H and O–H groups in total. The minimum absolute atomic E-state index is 0.100. The lowest BCUT2D eigenvalue weighted by molar-refractivity contribution is -0.167. The number of hydrogen-bond acceptors (Lipinski definition) is 6. The summed E-state index contributed by atoms with van der Waals surface area (Å²) in [5.74, 6) is -0.963. The smallest absolute Gasteiger partial charge is 0.306 e. The predicted molar refractivity (Wildman–Crippen MR) is 325 cm³/mol. The van der Waals surface area contributed by atoms with E-state index in [1.165, 1.54) is 38.5 Å². The van der Waals surface area contributed by atoms with Gasteiger partial charge in [0.1, 0.15) is 13.2 Å². The second kappa shape index (κ2) is 61.6. The Morgan fingerprint density at radius 2 is 0.520 bits per heavy atom. The van der Waals surface area contributed by atoms with E-state index in [0.717, 1.165) is 161 Å². The molecule has 0 aliphatic rings. The van der Waals surface area contributed by atoms with Gasteiger partial charge in [0.05, 0.1) is 0 Å². The highest BCUT2D eigenvalue weighted by Gasteiger charge is 2.19. The van der Waals surface area contributed by atoms with Gasteiger partial charge in [-0.3, -0.25) is 14.4 Å². The molecule has 0 bridgehead atoms. The summed E-state index contributed by atoms with van der Waals surface area (Å²) < 4.78 is 16.8. The molecule has 0 radical (unpaired) electrons. The van der Waals surface area contributed by atoms with E-state index in [4.69, 9.17) is 14.2 Å². The van der Waals surface area contributed by atoms with E-state index >= 15 is 0 Å². The molecule has 1 atom stereocenters. The molecule has 420 valence electrons. The third-order valence-corrected chi connectivity index (χ3v) is 12.0. The third kappa shape index (κ3) is 59.8. The van der Waals surface area contributed by atoms with Crippen LogP contribution in [0.1, 0.15) is 239 Å². The van der Waals surface area contributed by atoms with Crippen LogP contribution in [0.15, 0.2) is 158 Å². The standard InChI is InChI=1S/C69H108O6/c1-4-7-10-13-16-18-20-22-24-26-28-29-30-31-32-33-34-35-36-37-38-39-41-42-44-46-48-50-53-56-59-62-68(71)74-65-66(64-73-67(70)61-58-55-52-15-12-9-6-3)75-69(72)63-60-57-54-51-49-47-45-43-40-27-25-23-21-19-17-14-11-8-5-2/h7-8,10-11,16-19,22-25,28-29,31-32,34-35,37-38,40-43,46,48,66H,4-6,9,12-15,20-21,26-27,30,33,36,39,44-45,47,49-65H2,1-3H3/b10-7-,11-8-,18-16-,19-17-,24-22-,25-23-,29-28-,32-31-,35-34-,38-37-,42-41-,43-40-,48-46-. The molecular weight excluding hydrogens is 925 g/mol. The summed E-state index contributed by atoms with van der Waals surface area (Å²) in [5.41, 5.74) is 0. The average Bonchev–Trinajstić information content (AvgIpc) is 3.41. The van der Waals surface area contributed by atoms with Crippen LogP contribution in [-0.2, 0) is 28.6 Å². The number of carbonyl (C=O) groups is 3. The third-order valence-electron chi connectivity index (χ3n) is 12.0. The van der Waals surface area contributed by atoms with Gasteiger partial charge in [-0.25, -0.2) is 0 Å². The molecular formula is C69H108O6. The van der Waals surface area contributed by atoms with E-state index in [1.54, 1.807) is 0 Å². The summed E-state index contributed by atoms with van der Waals surface area (Å²) in [6.45, 7) is 6.31. The van der Waals surface area contributed by atoms with Crippen LogP contribution in [0.2, 0.25) is 0 Å². The van der Waals surface area contributed by atoms with E-state index in [2.05, 4.69) is 179 Å². The first-order valence-corrected chi connectivity index (χ1v) is 30.0. The van der Waals surface area contributed by atoms with Crippen molar-refractivity contribution < 1.29 is 28.6 Å². The molecule has 75 heavy (non-hydrogen) atoms. The van der Waals surface area contributed by atoms with Crippen molar-refractivity contribution >= 4 is 17.9 Å². The second-order valence-corrected chi connectivity index (χ2v) is 19.1. The van der Waals surface area contributed by atoms with Gasteiger partial charge in [0.25, 0.3) is 0 Å². The van der Waals surface area contributed by atoms with Crippen LogP contribution in [0.3, 0.4) is 0 Å². The summed E-state index contributed by atoms with van der Waals surface area (Å²) in [4.78, 5) is 38.0. The molecule has 0 aliphatic carbocycles. The Bertz CT molecular complexity index is 1710. The van der Waals surface area contributed by atoms with Crippen molar-refractivity contribution in [3.8, 4) is 0 Å². The van der Waals surface area contributed by atoms with Gasteiger partial charge in [-0.1, -0.05) is 249 Å². The van der Waals surface area contributed by atoms with Crippen LogP contribution >= 0.6 is 0 Å². The molecule has 6 heteroatoms. The van der Waals surface area contributed by atoms with Crippen LogP contribution in [0.4, 0.5) is 0 Å². The van der Waals surface area contributed by atoms with E-state index in [9.17, 15) is 14.4 Å². The molecule has 0 saturated heterocycles. The van der Waals surface area contributed by atoms with Crippen molar-refractivity contribution in [1.29, 1.82) is 0 Å². The average molecular weight is 1030 g/mol. The molecule has 0 aromatic rings. The fourth-order valence-electron chi connectivity index (χ4n) is 7.60. The lowest BCUT2D eigenvalue weighted by atomic mass is 10.1. The molecule has 0 aromatic heterocycles. The highest BCUT2D eigenvalue weighted by Crippen LogP contribution is 2.13. The van der Waals surface area contributed by atoms with Gasteiger partial charge in [0, 0.05) is 19.3 Å². The predicted octanol–water partition coefficient (Wildman–Crippen LogP) is 20.5. The van der Waals surface area contributed by atoms with E-state index in [-0.39, 0.29) is 31.1 Å². The first-order valence-electron chi connectivity index (χ1n) is 30.0. The van der Waals surface area contributed by atoms with Crippen molar-refractivity contribution in [2.45, 2.75) is 245 Å². The van der Waals surface area contributed by atoms with Crippen molar-refractivity contribution in [3.63, 3.8) is 0 Å². The number of carbonyl (C=O) groups excluding carboxylic acids is 3. The molecule has 6 nitrogen and oxygen atoms in total. The van der Waals surface area contributed by atoms with Gasteiger partial charge in [-0.15, -0.1) is 0 Å². The minimum Gasteiger partial charge on any atom is -0.462 e. The van der Waals surface area contributed by atoms with Crippen LogP contribution in [0.5, 0.6) is 0 Å². The summed E-state index contributed by atoms with van der Waals surface area (Å²) in [6, 6.07) is 0. The van der Waals surface area contributed by atoms with E-state index in [0.29, 0.717) is 19.3 Å². The van der Waals surface area contributed by atoms with Crippen molar-refractivity contribution in [3.05, 3.63) is 158 Å². The molecule has 0 fully saturated rings. The fraction of sp³-hybridized carbons (Fsp3) is 0.580. The van der Waals surface area contributed by atoms with Crippen LogP contribution in [0, 0.1) is 0 Å². The van der Waals surface area contributed by atoms with Crippen molar-refractivity contribution in [1.82, 2.24) is 0 Å². The highest BCUT2D eigenvalue weighted by molar-refractivity contribution is 5.71. The number of unbranched alkanes of at least 4 members (excludes halogenated alkanes) is 15. The molecule has 0 rings (SSSR count). The van der Waals surface area contributed by atoms with Crippen LogP contribution < -0.4 is 0 Å². The molecule has 0 amide bonds. The Kier molecular flexibility index (Phi) is 57.5. The Hall–Kier alpha value is -4.97. The zero-order valence-electron chi connectivity index (χ0n) is 48.0. The topological polar surface area (TPSA) is 78.9 Å². The van der Waals surface area contributed by atoms with E-state index in [1.807, 2.05) is 0 Å². The number of esters is 3. The first kappa shape index (κ1) is 70.0. The summed E-state index contributed by atoms with van der Waals surface area (Å²) in [7, 11) is 0. The lowest BCUT2D eigenvalue weighted by Crippen LogP contribution is -2.30. The van der Waals surface area contributed by atoms with Gasteiger partial charge in [0.2, 0.25) is 0 Å². The maximum absolute atomic E-state index is 12.8. The number of hydrogen-bond donors (Lipinski definition) is 0. The number of ether oxygens (including phenoxy) is 3. The van der Waals surface area contributed by atoms with Gasteiger partial charge in [-0.05, 0) is 128 Å². The zero-order chi connectivity index (χ0) is 54.3. The molecule has 0 saturated carbocycles. The van der Waals surface area contributed by atoms with Gasteiger partial charge < -0.3 is 14.2 Å². The van der Waals surface area contributed by atoms with Crippen LogP contribution in [-0.4, -0.2) is 37.2 Å². The van der Waals surface area contributed by atoms with Crippen LogP contribution in [0.25, 0.3) is 0 Å². The minimum atomic E-state index is -0.804. The normalized spacial score (nSPS) is 13.3. The molecule has 0 aromatic carbocycles. The monoisotopic (exact) mass is 1030 g/mol. The Balaban J connectivity index is 4.30. The summed E-state index contributed by atoms with van der Waals surface area (Å²) in [6.07, 6.45) is 89.7. The zero-order valence-corrected chi connectivity index (χ0v) is 48.0. The highest BCUT2D eigenvalue weighted by atomic mass is 16.6. The summed E-state index contributed by atoms with van der Waals surface area (Å²) >= 11 is 0. The molecule has 0 heterocycles. The Morgan fingerprint density at radius 1 is 0.280 bits per heavy atom. The molecule has 1 unspecified atom stereocenters. The molecule has 0 aliphatic heterocycles. The first-order chi connectivity index (χ1) is 37.0. The van der Waals surface area contributed by atoms with Gasteiger partial charge in [0.15, 0.2) is 6.10 Å². The molecule has 0 spiro atoms. The maximum Gasteiger partial charge on any atom is 0.306 e. The fourth-order valence-corrected chi connectivity index (χ4v) is 7.60. The quantitative estimate of drug-likeness (QED) is 0.0261. The Labute approximate surface area is 460 Å². The van der Waals surface area contributed by atoms with Crippen molar-refractivity contribution in [2.24, 2.45) is 0 Å². The number of rotatable bonds is 52. The maximum atomic E-state index is 12.8. The lowest BCUT2D eigenvalue weighted by Gasteiger charge is -2.18. The SMILES string of the molecule is CC/C=C\C/C=C\C/C=C\C/C=C\C/C=C\C/C=C\C/C=C\C/C=C\C/C=C\CCCCCC(=O)OCC(COC(=O)CCCCCCCCC)OC(=O)CCCCCCCC/C=C\C/C=C\C/C=C\C/C=C\CC. The van der Waals surface area contributed by atoms with Gasteiger partial charge >= 0.3 is 17.9 Å².